The maximum absolute atomic E-state index is 5.63. The third-order valence-corrected chi connectivity index (χ3v) is 3.38. The van der Waals surface area contributed by atoms with Crippen LogP contribution in [0.5, 0.6) is 0 Å². The van der Waals surface area contributed by atoms with Crippen LogP contribution in [-0.4, -0.2) is 13.1 Å². The Morgan fingerprint density at radius 1 is 0.733 bits per heavy atom. The highest BCUT2D eigenvalue weighted by Gasteiger charge is 2.26. The third kappa shape index (κ3) is 6.16. The number of hydrogen-bond donors (Lipinski definition) is 2. The summed E-state index contributed by atoms with van der Waals surface area (Å²) in [5, 5.41) is 0. The Labute approximate surface area is 95.8 Å². The van der Waals surface area contributed by atoms with E-state index in [1.165, 1.54) is 51.4 Å². The normalized spacial score (nSPS) is 12.0. The van der Waals surface area contributed by atoms with Crippen LogP contribution >= 0.6 is 0 Å². The summed E-state index contributed by atoms with van der Waals surface area (Å²) in [6.07, 6.45) is 10.2. The van der Waals surface area contributed by atoms with Crippen LogP contribution in [0, 0.1) is 5.41 Å². The summed E-state index contributed by atoms with van der Waals surface area (Å²) < 4.78 is 0. The molecule has 0 heterocycles. The lowest BCUT2D eigenvalue weighted by Gasteiger charge is -2.34. The SMILES string of the molecule is CCCC(CCC)(CCCN)CCCN. The van der Waals surface area contributed by atoms with Crippen LogP contribution in [0.3, 0.4) is 0 Å². The second kappa shape index (κ2) is 9.17. The molecule has 0 atom stereocenters. The molecule has 0 aliphatic rings. The molecule has 0 aromatic rings. The van der Waals surface area contributed by atoms with Crippen LogP contribution in [-0.2, 0) is 0 Å². The van der Waals surface area contributed by atoms with Crippen molar-refractivity contribution >= 4 is 0 Å². The van der Waals surface area contributed by atoms with Gasteiger partial charge in [0.25, 0.3) is 0 Å². The number of hydrogen-bond acceptors (Lipinski definition) is 2. The molecule has 0 spiro atoms. The molecule has 0 saturated heterocycles. The van der Waals surface area contributed by atoms with Crippen molar-refractivity contribution in [3.05, 3.63) is 0 Å². The quantitative estimate of drug-likeness (QED) is 0.587. The fraction of sp³-hybridized carbons (Fsp3) is 1.00. The van der Waals surface area contributed by atoms with Gasteiger partial charge in [-0.1, -0.05) is 26.7 Å². The van der Waals surface area contributed by atoms with Crippen molar-refractivity contribution in [2.24, 2.45) is 16.9 Å². The van der Waals surface area contributed by atoms with E-state index in [2.05, 4.69) is 13.8 Å². The minimum atomic E-state index is 0.544. The fourth-order valence-electron chi connectivity index (χ4n) is 2.76. The lowest BCUT2D eigenvalue weighted by Crippen LogP contribution is -2.23. The number of rotatable bonds is 10. The first-order valence-electron chi connectivity index (χ1n) is 6.64. The largest absolute Gasteiger partial charge is 0.330 e. The molecule has 2 heteroatoms. The molecule has 2 nitrogen and oxygen atoms in total. The summed E-state index contributed by atoms with van der Waals surface area (Å²) in [5.74, 6) is 0. The highest BCUT2D eigenvalue weighted by Crippen LogP contribution is 2.39. The van der Waals surface area contributed by atoms with E-state index in [-0.39, 0.29) is 0 Å². The van der Waals surface area contributed by atoms with E-state index < -0.39 is 0 Å². The molecule has 15 heavy (non-hydrogen) atoms. The van der Waals surface area contributed by atoms with Crippen LogP contribution < -0.4 is 11.5 Å². The zero-order valence-electron chi connectivity index (χ0n) is 10.7. The second-order valence-corrected chi connectivity index (χ2v) is 4.78. The molecule has 0 aromatic heterocycles. The number of nitrogens with two attached hydrogens (primary N) is 2. The van der Waals surface area contributed by atoms with E-state index in [9.17, 15) is 0 Å². The molecule has 0 rings (SSSR count). The van der Waals surface area contributed by atoms with Crippen molar-refractivity contribution < 1.29 is 0 Å². The van der Waals surface area contributed by atoms with Gasteiger partial charge in [0.2, 0.25) is 0 Å². The molecule has 0 aliphatic heterocycles. The van der Waals surface area contributed by atoms with Crippen LogP contribution in [0.15, 0.2) is 0 Å². The van der Waals surface area contributed by atoms with Crippen molar-refractivity contribution in [3.8, 4) is 0 Å². The lowest BCUT2D eigenvalue weighted by molar-refractivity contribution is 0.187. The van der Waals surface area contributed by atoms with Crippen LogP contribution in [0.4, 0.5) is 0 Å². The maximum atomic E-state index is 5.63. The van der Waals surface area contributed by atoms with Gasteiger partial charge < -0.3 is 11.5 Å². The molecule has 0 bridgehead atoms. The average molecular weight is 214 g/mol. The minimum Gasteiger partial charge on any atom is -0.330 e. The van der Waals surface area contributed by atoms with Crippen LogP contribution in [0.1, 0.15) is 65.2 Å². The monoisotopic (exact) mass is 214 g/mol. The summed E-state index contributed by atoms with van der Waals surface area (Å²) in [6.45, 7) is 6.24. The zero-order chi connectivity index (χ0) is 11.6. The first-order chi connectivity index (χ1) is 7.24. The molecular formula is C13H30N2. The Kier molecular flexibility index (Phi) is 9.12. The van der Waals surface area contributed by atoms with E-state index in [0.29, 0.717) is 5.41 Å². The maximum Gasteiger partial charge on any atom is -0.00771 e. The Morgan fingerprint density at radius 3 is 1.40 bits per heavy atom. The summed E-state index contributed by atoms with van der Waals surface area (Å²) >= 11 is 0. The highest BCUT2D eigenvalue weighted by molar-refractivity contribution is 4.79. The minimum absolute atomic E-state index is 0.544. The summed E-state index contributed by atoms with van der Waals surface area (Å²) in [7, 11) is 0. The molecule has 0 saturated carbocycles. The zero-order valence-corrected chi connectivity index (χ0v) is 10.7. The molecule has 0 radical (unpaired) electrons. The first kappa shape index (κ1) is 14.9. The Bertz CT molecular complexity index is 118. The molecule has 0 fully saturated rings. The third-order valence-electron chi connectivity index (χ3n) is 3.38. The van der Waals surface area contributed by atoms with E-state index in [1.807, 2.05) is 0 Å². The molecule has 4 N–H and O–H groups in total. The standard InChI is InChI=1S/C13H30N2/c1-3-7-13(8-4-2,9-5-11-14)10-6-12-15/h3-12,14-15H2,1-2H3. The van der Waals surface area contributed by atoms with Crippen molar-refractivity contribution in [2.45, 2.75) is 65.2 Å². The smallest absolute Gasteiger partial charge is 0.00771 e. The molecule has 92 valence electrons. The van der Waals surface area contributed by atoms with Crippen LogP contribution in [0.25, 0.3) is 0 Å². The summed E-state index contributed by atoms with van der Waals surface area (Å²) in [6, 6.07) is 0. The van der Waals surface area contributed by atoms with Gasteiger partial charge in [0.05, 0.1) is 0 Å². The van der Waals surface area contributed by atoms with Gasteiger partial charge in [-0.25, -0.2) is 0 Å². The van der Waals surface area contributed by atoms with Crippen LogP contribution in [0.2, 0.25) is 0 Å². The lowest BCUT2D eigenvalue weighted by atomic mass is 9.72. The summed E-state index contributed by atoms with van der Waals surface area (Å²) in [5.41, 5.74) is 11.8. The topological polar surface area (TPSA) is 52.0 Å². The van der Waals surface area contributed by atoms with E-state index in [1.54, 1.807) is 0 Å². The van der Waals surface area contributed by atoms with Gasteiger partial charge in [0.1, 0.15) is 0 Å². The second-order valence-electron chi connectivity index (χ2n) is 4.78. The predicted octanol–water partition coefficient (Wildman–Crippen LogP) is 3.05. The van der Waals surface area contributed by atoms with Gasteiger partial charge in [0.15, 0.2) is 0 Å². The molecule has 0 aromatic carbocycles. The van der Waals surface area contributed by atoms with Crippen molar-refractivity contribution in [1.29, 1.82) is 0 Å². The molecule has 0 amide bonds. The predicted molar refractivity (Wildman–Crippen MR) is 68.8 cm³/mol. The Hall–Kier alpha value is -0.0800. The average Bonchev–Trinajstić information content (AvgIpc) is 2.24. The molecule has 0 aliphatic carbocycles. The van der Waals surface area contributed by atoms with Gasteiger partial charge in [-0.2, -0.15) is 0 Å². The van der Waals surface area contributed by atoms with E-state index >= 15 is 0 Å². The molecule has 0 unspecified atom stereocenters. The van der Waals surface area contributed by atoms with Gasteiger partial charge in [0, 0.05) is 0 Å². The van der Waals surface area contributed by atoms with Crippen molar-refractivity contribution in [3.63, 3.8) is 0 Å². The van der Waals surface area contributed by atoms with Gasteiger partial charge in [-0.3, -0.25) is 0 Å². The van der Waals surface area contributed by atoms with Gasteiger partial charge in [-0.05, 0) is 57.0 Å². The van der Waals surface area contributed by atoms with E-state index in [0.717, 1.165) is 13.1 Å². The Balaban J connectivity index is 4.26. The fourth-order valence-corrected chi connectivity index (χ4v) is 2.76. The van der Waals surface area contributed by atoms with Crippen molar-refractivity contribution in [2.75, 3.05) is 13.1 Å². The molecular weight excluding hydrogens is 184 g/mol. The first-order valence-corrected chi connectivity index (χ1v) is 6.64. The Morgan fingerprint density at radius 2 is 1.13 bits per heavy atom. The highest BCUT2D eigenvalue weighted by atomic mass is 14.5. The van der Waals surface area contributed by atoms with Gasteiger partial charge >= 0.3 is 0 Å². The summed E-state index contributed by atoms with van der Waals surface area (Å²) in [4.78, 5) is 0. The van der Waals surface area contributed by atoms with Gasteiger partial charge in [-0.15, -0.1) is 0 Å². The van der Waals surface area contributed by atoms with Crippen molar-refractivity contribution in [1.82, 2.24) is 0 Å². The van der Waals surface area contributed by atoms with E-state index in [4.69, 9.17) is 11.5 Å².